The first kappa shape index (κ1) is 9.95. The SMILES string of the molecule is Clc1cc(Cl)nc(Cl)c1.F. The molecule has 56 valence electrons. The molecular formula is C5H3Cl3FN. The average molecular weight is 202 g/mol. The lowest BCUT2D eigenvalue weighted by Gasteiger charge is -1.90. The Morgan fingerprint density at radius 3 is 1.70 bits per heavy atom. The lowest BCUT2D eigenvalue weighted by atomic mass is 10.5. The van der Waals surface area contributed by atoms with Crippen molar-refractivity contribution in [2.75, 3.05) is 0 Å². The molecule has 0 aliphatic heterocycles. The van der Waals surface area contributed by atoms with Crippen molar-refractivity contribution in [2.24, 2.45) is 0 Å². The summed E-state index contributed by atoms with van der Waals surface area (Å²) in [6.45, 7) is 0. The Balaban J connectivity index is 0.000000810. The largest absolute Gasteiger partial charge is 0.269 e. The van der Waals surface area contributed by atoms with Crippen LogP contribution in [0.1, 0.15) is 0 Å². The lowest BCUT2D eigenvalue weighted by molar-refractivity contribution is 1.11. The van der Waals surface area contributed by atoms with Crippen molar-refractivity contribution in [2.45, 2.75) is 0 Å². The Hall–Kier alpha value is -0.0500. The fourth-order valence-corrected chi connectivity index (χ4v) is 1.21. The first-order chi connectivity index (χ1) is 4.18. The first-order valence-corrected chi connectivity index (χ1v) is 3.30. The van der Waals surface area contributed by atoms with Crippen molar-refractivity contribution in [3.63, 3.8) is 0 Å². The maximum Gasteiger partial charge on any atom is 0.132 e. The summed E-state index contributed by atoms with van der Waals surface area (Å²) in [6, 6.07) is 3.05. The Morgan fingerprint density at radius 1 is 1.00 bits per heavy atom. The Labute approximate surface area is 72.3 Å². The molecule has 0 spiro atoms. The third-order valence-electron chi connectivity index (χ3n) is 0.728. The summed E-state index contributed by atoms with van der Waals surface area (Å²) in [5.74, 6) is 0. The number of rotatable bonds is 0. The summed E-state index contributed by atoms with van der Waals surface area (Å²) in [6.07, 6.45) is 0. The van der Waals surface area contributed by atoms with Crippen LogP contribution in [0.25, 0.3) is 0 Å². The molecule has 1 aromatic heterocycles. The quantitative estimate of drug-likeness (QED) is 0.589. The molecule has 1 nitrogen and oxygen atoms in total. The van der Waals surface area contributed by atoms with Crippen molar-refractivity contribution in [3.8, 4) is 0 Å². The van der Waals surface area contributed by atoms with Crippen molar-refractivity contribution in [1.29, 1.82) is 0 Å². The van der Waals surface area contributed by atoms with Gasteiger partial charge in [-0.25, -0.2) is 4.98 Å². The predicted octanol–water partition coefficient (Wildman–Crippen LogP) is 3.19. The molecule has 0 aliphatic carbocycles. The molecule has 0 unspecified atom stereocenters. The number of hydrogen-bond donors (Lipinski definition) is 0. The van der Waals surface area contributed by atoms with Crippen LogP contribution in [0.15, 0.2) is 12.1 Å². The van der Waals surface area contributed by atoms with Crippen LogP contribution in [0.2, 0.25) is 15.3 Å². The van der Waals surface area contributed by atoms with Gasteiger partial charge in [-0.15, -0.1) is 0 Å². The van der Waals surface area contributed by atoms with Crippen LogP contribution in [-0.2, 0) is 0 Å². The van der Waals surface area contributed by atoms with E-state index < -0.39 is 0 Å². The van der Waals surface area contributed by atoms with E-state index in [9.17, 15) is 0 Å². The van der Waals surface area contributed by atoms with E-state index in [-0.39, 0.29) is 4.70 Å². The summed E-state index contributed by atoms with van der Waals surface area (Å²) in [5.41, 5.74) is 0. The number of nitrogens with zero attached hydrogens (tertiary/aromatic N) is 1. The van der Waals surface area contributed by atoms with E-state index in [2.05, 4.69) is 4.98 Å². The van der Waals surface area contributed by atoms with Crippen LogP contribution in [0.4, 0.5) is 4.70 Å². The number of halogens is 4. The van der Waals surface area contributed by atoms with E-state index in [1.807, 2.05) is 0 Å². The normalized spacial score (nSPS) is 8.70. The van der Waals surface area contributed by atoms with Crippen molar-refractivity contribution < 1.29 is 4.70 Å². The van der Waals surface area contributed by atoms with E-state index in [0.717, 1.165) is 0 Å². The molecule has 10 heavy (non-hydrogen) atoms. The highest BCUT2D eigenvalue weighted by Crippen LogP contribution is 2.17. The van der Waals surface area contributed by atoms with Gasteiger partial charge >= 0.3 is 0 Å². The molecule has 1 aromatic rings. The predicted molar refractivity (Wildman–Crippen MR) is 41.8 cm³/mol. The molecule has 0 aromatic carbocycles. The van der Waals surface area contributed by atoms with Gasteiger partial charge in [0.25, 0.3) is 0 Å². The van der Waals surface area contributed by atoms with Crippen LogP contribution in [-0.4, -0.2) is 4.98 Å². The van der Waals surface area contributed by atoms with E-state index in [0.29, 0.717) is 15.3 Å². The van der Waals surface area contributed by atoms with E-state index >= 15 is 0 Å². The number of hydrogen-bond acceptors (Lipinski definition) is 1. The Kier molecular flexibility index (Phi) is 3.94. The highest BCUT2D eigenvalue weighted by Gasteiger charge is 1.94. The van der Waals surface area contributed by atoms with Gasteiger partial charge in [-0.1, -0.05) is 34.8 Å². The monoisotopic (exact) mass is 201 g/mol. The molecule has 0 saturated heterocycles. The van der Waals surface area contributed by atoms with Crippen molar-refractivity contribution in [3.05, 3.63) is 27.5 Å². The fraction of sp³-hybridized carbons (Fsp3) is 0. The zero-order chi connectivity index (χ0) is 6.85. The highest BCUT2D eigenvalue weighted by atomic mass is 35.5. The van der Waals surface area contributed by atoms with Crippen LogP contribution in [0.3, 0.4) is 0 Å². The minimum absolute atomic E-state index is 0. The van der Waals surface area contributed by atoms with Gasteiger partial charge in [0.2, 0.25) is 0 Å². The molecule has 0 aliphatic rings. The van der Waals surface area contributed by atoms with E-state index in [1.54, 1.807) is 0 Å². The van der Waals surface area contributed by atoms with Gasteiger partial charge in [-0.3, -0.25) is 4.70 Å². The van der Waals surface area contributed by atoms with Gasteiger partial charge < -0.3 is 0 Å². The molecular weight excluding hydrogens is 199 g/mol. The average Bonchev–Trinajstić information content (AvgIpc) is 1.59. The molecule has 5 heteroatoms. The second kappa shape index (κ2) is 3.96. The standard InChI is InChI=1S/C5H2Cl3N.FH/c6-3-1-4(7)9-5(8)2-3;/h1-2H;1H. The third kappa shape index (κ3) is 2.69. The van der Waals surface area contributed by atoms with Gasteiger partial charge in [0.1, 0.15) is 10.3 Å². The molecule has 1 heterocycles. The summed E-state index contributed by atoms with van der Waals surface area (Å²) >= 11 is 16.5. The maximum absolute atomic E-state index is 5.54. The Morgan fingerprint density at radius 2 is 1.40 bits per heavy atom. The lowest BCUT2D eigenvalue weighted by Crippen LogP contribution is -1.74. The smallest absolute Gasteiger partial charge is 0.132 e. The second-order valence-corrected chi connectivity index (χ2v) is 2.64. The Bertz CT molecular complexity index is 178. The summed E-state index contributed by atoms with van der Waals surface area (Å²) in [4.78, 5) is 3.68. The molecule has 0 fully saturated rings. The second-order valence-electron chi connectivity index (χ2n) is 1.43. The molecule has 0 atom stereocenters. The van der Waals surface area contributed by atoms with Gasteiger partial charge in [-0.2, -0.15) is 0 Å². The van der Waals surface area contributed by atoms with Crippen LogP contribution >= 0.6 is 34.8 Å². The topological polar surface area (TPSA) is 12.9 Å². The van der Waals surface area contributed by atoms with Gasteiger partial charge in [0, 0.05) is 5.02 Å². The fourth-order valence-electron chi connectivity index (χ4n) is 0.436. The highest BCUT2D eigenvalue weighted by molar-refractivity contribution is 6.36. The van der Waals surface area contributed by atoms with Crippen LogP contribution in [0.5, 0.6) is 0 Å². The minimum atomic E-state index is 0. The summed E-state index contributed by atoms with van der Waals surface area (Å²) in [7, 11) is 0. The number of pyridine rings is 1. The molecule has 1 rings (SSSR count). The zero-order valence-corrected chi connectivity index (χ0v) is 6.91. The molecule has 0 saturated carbocycles. The molecule has 0 N–H and O–H groups in total. The summed E-state index contributed by atoms with van der Waals surface area (Å²) < 4.78 is 0. The van der Waals surface area contributed by atoms with E-state index in [4.69, 9.17) is 34.8 Å². The zero-order valence-electron chi connectivity index (χ0n) is 4.64. The van der Waals surface area contributed by atoms with Gasteiger partial charge in [0.05, 0.1) is 0 Å². The van der Waals surface area contributed by atoms with Gasteiger partial charge in [0.15, 0.2) is 0 Å². The van der Waals surface area contributed by atoms with Crippen molar-refractivity contribution >= 4 is 34.8 Å². The molecule has 0 radical (unpaired) electrons. The van der Waals surface area contributed by atoms with Crippen LogP contribution in [0, 0.1) is 0 Å². The minimum Gasteiger partial charge on any atom is -0.269 e. The third-order valence-corrected chi connectivity index (χ3v) is 1.33. The molecule has 0 amide bonds. The maximum atomic E-state index is 5.54. The van der Waals surface area contributed by atoms with Crippen molar-refractivity contribution in [1.82, 2.24) is 4.98 Å². The first-order valence-electron chi connectivity index (χ1n) is 2.17. The van der Waals surface area contributed by atoms with Crippen LogP contribution < -0.4 is 0 Å². The van der Waals surface area contributed by atoms with Gasteiger partial charge in [-0.05, 0) is 12.1 Å². The molecule has 0 bridgehead atoms. The summed E-state index contributed by atoms with van der Waals surface area (Å²) in [5, 5.41) is 1.13. The number of aromatic nitrogens is 1. The van der Waals surface area contributed by atoms with E-state index in [1.165, 1.54) is 12.1 Å².